The van der Waals surface area contributed by atoms with Crippen LogP contribution in [-0.4, -0.2) is 22.2 Å². The van der Waals surface area contributed by atoms with E-state index in [0.29, 0.717) is 33.0 Å². The highest BCUT2D eigenvalue weighted by molar-refractivity contribution is 6.42. The maximum atomic E-state index is 10.5. The van der Waals surface area contributed by atoms with Gasteiger partial charge in [-0.3, -0.25) is 0 Å². The molecule has 0 spiro atoms. The first kappa shape index (κ1) is 18.3. The molecule has 0 bridgehead atoms. The number of rotatable bonds is 4. The van der Waals surface area contributed by atoms with E-state index in [0.717, 1.165) is 16.6 Å². The molecule has 28 heavy (non-hydrogen) atoms. The average Bonchev–Trinajstić information content (AvgIpc) is 2.71. The summed E-state index contributed by atoms with van der Waals surface area (Å²) in [5, 5.41) is 15.5. The Morgan fingerprint density at radius 1 is 0.929 bits per heavy atom. The molecule has 0 aliphatic carbocycles. The monoisotopic (exact) mass is 411 g/mol. The Morgan fingerprint density at radius 2 is 1.75 bits per heavy atom. The second kappa shape index (κ2) is 7.54. The van der Waals surface area contributed by atoms with E-state index in [4.69, 9.17) is 27.9 Å². The van der Waals surface area contributed by atoms with Crippen molar-refractivity contribution < 1.29 is 9.84 Å². The second-order valence-electron chi connectivity index (χ2n) is 6.02. The molecule has 0 atom stereocenters. The van der Waals surface area contributed by atoms with Crippen LogP contribution in [0.2, 0.25) is 10.0 Å². The van der Waals surface area contributed by atoms with E-state index in [2.05, 4.69) is 15.3 Å². The summed E-state index contributed by atoms with van der Waals surface area (Å²) in [6.07, 6.45) is 0. The molecular weight excluding hydrogens is 397 g/mol. The van der Waals surface area contributed by atoms with Crippen molar-refractivity contribution in [1.29, 1.82) is 0 Å². The molecule has 4 rings (SSSR count). The first-order chi connectivity index (χ1) is 13.6. The molecule has 0 fully saturated rings. The topological polar surface area (TPSA) is 67.3 Å². The molecule has 5 nitrogen and oxygen atoms in total. The van der Waals surface area contributed by atoms with Crippen LogP contribution in [0.1, 0.15) is 0 Å². The lowest BCUT2D eigenvalue weighted by Crippen LogP contribution is -2.00. The number of phenols is 1. The SMILES string of the molecule is COc1cccc(-c2nc(Nc3ccc(Cl)c(Cl)c3)c3ccccc3n2)c1O. The van der Waals surface area contributed by atoms with Gasteiger partial charge in [-0.15, -0.1) is 0 Å². The van der Waals surface area contributed by atoms with Gasteiger partial charge in [0.2, 0.25) is 0 Å². The van der Waals surface area contributed by atoms with Crippen molar-refractivity contribution in [1.82, 2.24) is 9.97 Å². The number of ether oxygens (including phenoxy) is 1. The molecule has 4 aromatic rings. The molecule has 2 N–H and O–H groups in total. The molecule has 1 heterocycles. The van der Waals surface area contributed by atoms with Crippen LogP contribution in [0.25, 0.3) is 22.3 Å². The van der Waals surface area contributed by atoms with E-state index in [9.17, 15) is 5.11 Å². The highest BCUT2D eigenvalue weighted by Gasteiger charge is 2.15. The number of aromatic hydroxyl groups is 1. The first-order valence-electron chi connectivity index (χ1n) is 8.42. The maximum absolute atomic E-state index is 10.5. The molecule has 0 unspecified atom stereocenters. The fourth-order valence-corrected chi connectivity index (χ4v) is 3.17. The molecule has 0 aliphatic heterocycles. The van der Waals surface area contributed by atoms with Crippen LogP contribution in [0.5, 0.6) is 11.5 Å². The number of halogens is 2. The summed E-state index contributed by atoms with van der Waals surface area (Å²) in [6, 6.07) is 18.1. The lowest BCUT2D eigenvalue weighted by atomic mass is 10.1. The minimum absolute atomic E-state index is 0.0132. The lowest BCUT2D eigenvalue weighted by molar-refractivity contribution is 0.374. The number of fused-ring (bicyclic) bond motifs is 1. The summed E-state index contributed by atoms with van der Waals surface area (Å²) in [5.74, 6) is 1.30. The largest absolute Gasteiger partial charge is 0.504 e. The minimum Gasteiger partial charge on any atom is -0.504 e. The summed E-state index contributed by atoms with van der Waals surface area (Å²) >= 11 is 12.1. The Kier molecular flexibility index (Phi) is 4.94. The van der Waals surface area contributed by atoms with Gasteiger partial charge in [0.05, 0.1) is 28.2 Å². The smallest absolute Gasteiger partial charge is 0.168 e. The van der Waals surface area contributed by atoms with Gasteiger partial charge in [-0.2, -0.15) is 0 Å². The zero-order valence-corrected chi connectivity index (χ0v) is 16.3. The number of para-hydroxylation sites is 2. The Hall–Kier alpha value is -3.02. The van der Waals surface area contributed by atoms with Crippen molar-refractivity contribution in [2.45, 2.75) is 0 Å². The van der Waals surface area contributed by atoms with E-state index in [1.807, 2.05) is 30.3 Å². The quantitative estimate of drug-likeness (QED) is 0.426. The van der Waals surface area contributed by atoms with E-state index in [-0.39, 0.29) is 5.75 Å². The Labute approximate surface area is 171 Å². The molecule has 0 radical (unpaired) electrons. The molecule has 0 saturated heterocycles. The van der Waals surface area contributed by atoms with Crippen molar-refractivity contribution in [3.05, 3.63) is 70.7 Å². The highest BCUT2D eigenvalue weighted by Crippen LogP contribution is 2.37. The summed E-state index contributed by atoms with van der Waals surface area (Å²) in [5.41, 5.74) is 1.94. The van der Waals surface area contributed by atoms with Gasteiger partial charge in [0.1, 0.15) is 5.82 Å². The van der Waals surface area contributed by atoms with Gasteiger partial charge < -0.3 is 15.2 Å². The van der Waals surface area contributed by atoms with Gasteiger partial charge in [0.15, 0.2) is 17.3 Å². The van der Waals surface area contributed by atoms with Crippen molar-refractivity contribution in [3.63, 3.8) is 0 Å². The fourth-order valence-electron chi connectivity index (χ4n) is 2.87. The first-order valence-corrected chi connectivity index (χ1v) is 9.17. The van der Waals surface area contributed by atoms with Gasteiger partial charge in [0.25, 0.3) is 0 Å². The van der Waals surface area contributed by atoms with Crippen LogP contribution in [0.15, 0.2) is 60.7 Å². The van der Waals surface area contributed by atoms with E-state index < -0.39 is 0 Å². The third-order valence-electron chi connectivity index (χ3n) is 4.25. The third-order valence-corrected chi connectivity index (χ3v) is 4.98. The predicted octanol–water partition coefficient (Wildman–Crippen LogP) is 6.06. The molecule has 7 heteroatoms. The van der Waals surface area contributed by atoms with Crippen molar-refractivity contribution in [2.24, 2.45) is 0 Å². The van der Waals surface area contributed by atoms with Crippen LogP contribution >= 0.6 is 23.2 Å². The number of nitrogens with zero attached hydrogens (tertiary/aromatic N) is 2. The number of hydrogen-bond donors (Lipinski definition) is 2. The predicted molar refractivity (Wildman–Crippen MR) is 113 cm³/mol. The summed E-state index contributed by atoms with van der Waals surface area (Å²) in [6.45, 7) is 0. The van der Waals surface area contributed by atoms with Gasteiger partial charge in [0, 0.05) is 11.1 Å². The van der Waals surface area contributed by atoms with Crippen molar-refractivity contribution in [2.75, 3.05) is 12.4 Å². The van der Waals surface area contributed by atoms with Crippen LogP contribution in [0.3, 0.4) is 0 Å². The van der Waals surface area contributed by atoms with E-state index in [1.54, 1.807) is 30.3 Å². The molecule has 0 aliphatic rings. The van der Waals surface area contributed by atoms with E-state index >= 15 is 0 Å². The molecular formula is C21H15Cl2N3O2. The average molecular weight is 412 g/mol. The standard InChI is InChI=1S/C21H15Cl2N3O2/c1-28-18-8-4-6-14(19(18)27)21-25-17-7-3-2-5-13(17)20(26-21)24-12-9-10-15(22)16(23)11-12/h2-11,27H,1H3,(H,24,25,26). The molecule has 0 amide bonds. The Morgan fingerprint density at radius 3 is 2.54 bits per heavy atom. The van der Waals surface area contributed by atoms with Gasteiger partial charge in [-0.25, -0.2) is 9.97 Å². The van der Waals surface area contributed by atoms with Gasteiger partial charge in [-0.1, -0.05) is 41.4 Å². The van der Waals surface area contributed by atoms with Crippen LogP contribution in [-0.2, 0) is 0 Å². The number of methoxy groups -OCH3 is 1. The number of aromatic nitrogens is 2. The normalized spacial score (nSPS) is 10.8. The number of phenolic OH excluding ortho intramolecular Hbond substituents is 1. The second-order valence-corrected chi connectivity index (χ2v) is 6.84. The van der Waals surface area contributed by atoms with Crippen LogP contribution in [0.4, 0.5) is 11.5 Å². The van der Waals surface area contributed by atoms with Gasteiger partial charge in [-0.05, 0) is 42.5 Å². The number of benzene rings is 3. The fraction of sp³-hybridized carbons (Fsp3) is 0.0476. The maximum Gasteiger partial charge on any atom is 0.168 e. The molecule has 1 aromatic heterocycles. The Balaban J connectivity index is 1.87. The number of nitrogens with one attached hydrogen (secondary N) is 1. The van der Waals surface area contributed by atoms with Crippen LogP contribution in [0, 0.1) is 0 Å². The molecule has 0 saturated carbocycles. The zero-order chi connectivity index (χ0) is 19.7. The Bertz CT molecular complexity index is 1180. The van der Waals surface area contributed by atoms with Crippen molar-refractivity contribution >= 4 is 45.6 Å². The minimum atomic E-state index is -0.0132. The number of anilines is 2. The summed E-state index contributed by atoms with van der Waals surface area (Å²) < 4.78 is 5.20. The summed E-state index contributed by atoms with van der Waals surface area (Å²) in [4.78, 5) is 9.24. The summed E-state index contributed by atoms with van der Waals surface area (Å²) in [7, 11) is 1.50. The third kappa shape index (κ3) is 3.42. The van der Waals surface area contributed by atoms with Gasteiger partial charge >= 0.3 is 0 Å². The van der Waals surface area contributed by atoms with Crippen molar-refractivity contribution in [3.8, 4) is 22.9 Å². The highest BCUT2D eigenvalue weighted by atomic mass is 35.5. The molecule has 140 valence electrons. The number of hydrogen-bond acceptors (Lipinski definition) is 5. The van der Waals surface area contributed by atoms with E-state index in [1.165, 1.54) is 7.11 Å². The molecule has 3 aromatic carbocycles. The lowest BCUT2D eigenvalue weighted by Gasteiger charge is -2.13. The van der Waals surface area contributed by atoms with Crippen LogP contribution < -0.4 is 10.1 Å². The zero-order valence-electron chi connectivity index (χ0n) is 14.8.